The quantitative estimate of drug-likeness (QED) is 0.885. The second-order valence-corrected chi connectivity index (χ2v) is 7.15. The van der Waals surface area contributed by atoms with Gasteiger partial charge in [0.25, 0.3) is 11.8 Å². The van der Waals surface area contributed by atoms with Crippen molar-refractivity contribution in [2.45, 2.75) is 25.2 Å². The van der Waals surface area contributed by atoms with Crippen molar-refractivity contribution in [3.63, 3.8) is 0 Å². The van der Waals surface area contributed by atoms with Gasteiger partial charge in [-0.3, -0.25) is 9.59 Å². The molecular formula is C22H24N2O4. The third-order valence-electron chi connectivity index (χ3n) is 5.32. The molecule has 2 heterocycles. The Morgan fingerprint density at radius 2 is 1.54 bits per heavy atom. The fourth-order valence-corrected chi connectivity index (χ4v) is 3.66. The number of ether oxygens (including phenoxy) is 2. The number of carbonyl (C=O) groups is 2. The van der Waals surface area contributed by atoms with Gasteiger partial charge in [-0.05, 0) is 29.8 Å². The molecule has 2 aliphatic rings. The maximum absolute atomic E-state index is 12.7. The summed E-state index contributed by atoms with van der Waals surface area (Å²) in [6.07, 6.45) is 1.42. The van der Waals surface area contributed by atoms with Crippen LogP contribution in [0.3, 0.4) is 0 Å². The van der Waals surface area contributed by atoms with Crippen LogP contribution in [0.25, 0.3) is 0 Å². The molecule has 2 saturated heterocycles. The van der Waals surface area contributed by atoms with Gasteiger partial charge in [0.05, 0.1) is 13.2 Å². The monoisotopic (exact) mass is 380 g/mol. The molecule has 28 heavy (non-hydrogen) atoms. The van der Waals surface area contributed by atoms with E-state index in [4.69, 9.17) is 9.47 Å². The van der Waals surface area contributed by atoms with E-state index in [1.165, 1.54) is 0 Å². The fraction of sp³-hybridized carbons (Fsp3) is 0.364. The Morgan fingerprint density at radius 3 is 2.18 bits per heavy atom. The van der Waals surface area contributed by atoms with Gasteiger partial charge in [-0.1, -0.05) is 30.3 Å². The summed E-state index contributed by atoms with van der Waals surface area (Å²) >= 11 is 0. The molecule has 0 saturated carbocycles. The van der Waals surface area contributed by atoms with Crippen LogP contribution in [0, 0.1) is 0 Å². The first-order valence-corrected chi connectivity index (χ1v) is 9.65. The summed E-state index contributed by atoms with van der Waals surface area (Å²) in [4.78, 5) is 26.7. The van der Waals surface area contributed by atoms with Gasteiger partial charge >= 0.3 is 0 Å². The topological polar surface area (TPSA) is 67.9 Å². The standard InChI is InChI=1S/C22H24N2O4/c25-20(18-4-2-1-3-5-18)23-16-17-6-8-19(9-7-17)21(26)24-12-10-22(11-13-24)27-14-15-28-22/h1-9H,10-16H2,(H,23,25). The molecule has 0 unspecified atom stereocenters. The zero-order chi connectivity index (χ0) is 19.4. The molecular weight excluding hydrogens is 356 g/mol. The van der Waals surface area contributed by atoms with Gasteiger partial charge in [-0.2, -0.15) is 0 Å². The molecule has 1 spiro atoms. The summed E-state index contributed by atoms with van der Waals surface area (Å²) in [5.41, 5.74) is 2.24. The molecule has 0 atom stereocenters. The normalized spacial score (nSPS) is 18.2. The lowest BCUT2D eigenvalue weighted by molar-refractivity contribution is -0.181. The summed E-state index contributed by atoms with van der Waals surface area (Å²) in [5.74, 6) is -0.565. The summed E-state index contributed by atoms with van der Waals surface area (Å²) in [6, 6.07) is 16.5. The number of nitrogens with one attached hydrogen (secondary N) is 1. The minimum atomic E-state index is -0.475. The minimum Gasteiger partial charge on any atom is -0.348 e. The van der Waals surface area contributed by atoms with Crippen molar-refractivity contribution in [2.75, 3.05) is 26.3 Å². The number of hydrogen-bond acceptors (Lipinski definition) is 4. The van der Waals surface area contributed by atoms with Gasteiger partial charge in [0.2, 0.25) is 0 Å². The third kappa shape index (κ3) is 4.08. The van der Waals surface area contributed by atoms with E-state index >= 15 is 0 Å². The first-order chi connectivity index (χ1) is 13.7. The van der Waals surface area contributed by atoms with Crippen LogP contribution in [0.15, 0.2) is 54.6 Å². The number of rotatable bonds is 4. The van der Waals surface area contributed by atoms with Crippen molar-refractivity contribution >= 4 is 11.8 Å². The van der Waals surface area contributed by atoms with Crippen LogP contribution in [0.5, 0.6) is 0 Å². The molecule has 0 aromatic heterocycles. The van der Waals surface area contributed by atoms with Crippen LogP contribution >= 0.6 is 0 Å². The van der Waals surface area contributed by atoms with E-state index in [-0.39, 0.29) is 11.8 Å². The van der Waals surface area contributed by atoms with Crippen molar-refractivity contribution < 1.29 is 19.1 Å². The van der Waals surface area contributed by atoms with Gasteiger partial charge in [-0.25, -0.2) is 0 Å². The Hall–Kier alpha value is -2.70. The first-order valence-electron chi connectivity index (χ1n) is 9.65. The summed E-state index contributed by atoms with van der Waals surface area (Å²) in [5, 5.41) is 2.89. The molecule has 2 aliphatic heterocycles. The number of nitrogens with zero attached hydrogens (tertiary/aromatic N) is 1. The third-order valence-corrected chi connectivity index (χ3v) is 5.32. The van der Waals surface area contributed by atoms with Crippen LogP contribution in [0.1, 0.15) is 39.1 Å². The zero-order valence-corrected chi connectivity index (χ0v) is 15.7. The highest BCUT2D eigenvalue weighted by atomic mass is 16.7. The van der Waals surface area contributed by atoms with E-state index in [2.05, 4.69) is 5.32 Å². The molecule has 1 N–H and O–H groups in total. The number of likely N-dealkylation sites (tertiary alicyclic amines) is 1. The summed E-state index contributed by atoms with van der Waals surface area (Å²) in [7, 11) is 0. The van der Waals surface area contributed by atoms with Gasteiger partial charge in [0.1, 0.15) is 0 Å². The first kappa shape index (κ1) is 18.7. The molecule has 6 nitrogen and oxygen atoms in total. The molecule has 0 radical (unpaired) electrons. The molecule has 2 fully saturated rings. The van der Waals surface area contributed by atoms with Gasteiger partial charge in [0.15, 0.2) is 5.79 Å². The second-order valence-electron chi connectivity index (χ2n) is 7.15. The Bertz CT molecular complexity index is 819. The minimum absolute atomic E-state index is 0.0210. The second kappa shape index (κ2) is 8.12. The average Bonchev–Trinajstić information content (AvgIpc) is 3.21. The van der Waals surface area contributed by atoms with Gasteiger partial charge in [0, 0.05) is 43.6 Å². The van der Waals surface area contributed by atoms with Crippen molar-refractivity contribution in [1.29, 1.82) is 0 Å². The van der Waals surface area contributed by atoms with Crippen LogP contribution in [-0.2, 0) is 16.0 Å². The van der Waals surface area contributed by atoms with Crippen molar-refractivity contribution in [3.8, 4) is 0 Å². The molecule has 2 aromatic carbocycles. The Kier molecular flexibility index (Phi) is 5.41. The number of carbonyl (C=O) groups excluding carboxylic acids is 2. The highest BCUT2D eigenvalue weighted by molar-refractivity contribution is 5.95. The predicted octanol–water partition coefficient (Wildman–Crippen LogP) is 2.60. The lowest BCUT2D eigenvalue weighted by Gasteiger charge is -2.37. The van der Waals surface area contributed by atoms with Crippen LogP contribution in [0.4, 0.5) is 0 Å². The number of hydrogen-bond donors (Lipinski definition) is 1. The van der Waals surface area contributed by atoms with Gasteiger partial charge < -0.3 is 19.7 Å². The number of amides is 2. The Balaban J connectivity index is 1.30. The lowest BCUT2D eigenvalue weighted by atomic mass is 10.0. The summed E-state index contributed by atoms with van der Waals surface area (Å²) < 4.78 is 11.4. The Morgan fingerprint density at radius 1 is 0.893 bits per heavy atom. The largest absolute Gasteiger partial charge is 0.348 e. The molecule has 6 heteroatoms. The number of piperidine rings is 1. The SMILES string of the molecule is O=C(NCc1ccc(C(=O)N2CCC3(CC2)OCCO3)cc1)c1ccccc1. The summed E-state index contributed by atoms with van der Waals surface area (Å²) in [6.45, 7) is 2.96. The highest BCUT2D eigenvalue weighted by Gasteiger charge is 2.40. The Labute approximate surface area is 164 Å². The lowest BCUT2D eigenvalue weighted by Crippen LogP contribution is -2.47. The molecule has 4 rings (SSSR count). The van der Waals surface area contributed by atoms with Crippen molar-refractivity contribution in [2.24, 2.45) is 0 Å². The maximum Gasteiger partial charge on any atom is 0.253 e. The van der Waals surface area contributed by atoms with Gasteiger partial charge in [-0.15, -0.1) is 0 Å². The molecule has 146 valence electrons. The zero-order valence-electron chi connectivity index (χ0n) is 15.7. The van der Waals surface area contributed by atoms with E-state index in [0.717, 1.165) is 5.56 Å². The molecule has 2 aromatic rings. The van der Waals surface area contributed by atoms with E-state index in [1.807, 2.05) is 47.4 Å². The van der Waals surface area contributed by atoms with E-state index in [1.54, 1.807) is 12.1 Å². The van der Waals surface area contributed by atoms with Crippen molar-refractivity contribution in [1.82, 2.24) is 10.2 Å². The highest BCUT2D eigenvalue weighted by Crippen LogP contribution is 2.31. The van der Waals surface area contributed by atoms with Crippen molar-refractivity contribution in [3.05, 3.63) is 71.3 Å². The van der Waals surface area contributed by atoms with E-state index in [9.17, 15) is 9.59 Å². The molecule has 0 bridgehead atoms. The van der Waals surface area contributed by atoms with Crippen LogP contribution < -0.4 is 5.32 Å². The number of benzene rings is 2. The smallest absolute Gasteiger partial charge is 0.253 e. The fourth-order valence-electron chi connectivity index (χ4n) is 3.66. The predicted molar refractivity (Wildman–Crippen MR) is 104 cm³/mol. The molecule has 0 aliphatic carbocycles. The average molecular weight is 380 g/mol. The van der Waals surface area contributed by atoms with E-state index < -0.39 is 5.79 Å². The van der Waals surface area contributed by atoms with E-state index in [0.29, 0.717) is 56.8 Å². The van der Waals surface area contributed by atoms with Crippen LogP contribution in [-0.4, -0.2) is 48.8 Å². The maximum atomic E-state index is 12.7. The molecule has 2 amide bonds. The van der Waals surface area contributed by atoms with Crippen LogP contribution in [0.2, 0.25) is 0 Å².